The summed E-state index contributed by atoms with van der Waals surface area (Å²) in [5.41, 5.74) is 3.28. The summed E-state index contributed by atoms with van der Waals surface area (Å²) in [6, 6.07) is 15.7. The molecule has 0 unspecified atom stereocenters. The molecular weight excluding hydrogens is 366 g/mol. The SMILES string of the molecule is Cc1nc(CCNC(=O)c2ccc3oc(CCCc4ccccc4)nc3c2)n[nH]1. The van der Waals surface area contributed by atoms with Crippen LogP contribution in [-0.2, 0) is 19.3 Å². The van der Waals surface area contributed by atoms with Crippen LogP contribution in [0.2, 0.25) is 0 Å². The van der Waals surface area contributed by atoms with Crippen LogP contribution >= 0.6 is 0 Å². The highest BCUT2D eigenvalue weighted by atomic mass is 16.3. The number of oxazole rings is 1. The minimum atomic E-state index is -0.146. The Morgan fingerprint density at radius 1 is 1.07 bits per heavy atom. The molecule has 2 heterocycles. The number of carbonyl (C=O) groups excluding carboxylic acids is 1. The van der Waals surface area contributed by atoms with Crippen LogP contribution in [0.3, 0.4) is 0 Å². The molecule has 1 amide bonds. The van der Waals surface area contributed by atoms with Crippen molar-refractivity contribution in [3.8, 4) is 0 Å². The quantitative estimate of drug-likeness (QED) is 0.481. The van der Waals surface area contributed by atoms with E-state index in [4.69, 9.17) is 4.42 Å². The first kappa shape index (κ1) is 18.9. The summed E-state index contributed by atoms with van der Waals surface area (Å²) >= 11 is 0. The zero-order valence-corrected chi connectivity index (χ0v) is 16.3. The molecule has 0 aliphatic heterocycles. The van der Waals surface area contributed by atoms with Crippen molar-refractivity contribution >= 4 is 17.0 Å². The van der Waals surface area contributed by atoms with Gasteiger partial charge in [0.05, 0.1) is 0 Å². The molecule has 0 fully saturated rings. The van der Waals surface area contributed by atoms with Crippen molar-refractivity contribution in [2.75, 3.05) is 6.54 Å². The van der Waals surface area contributed by atoms with Gasteiger partial charge in [-0.1, -0.05) is 30.3 Å². The third-order valence-corrected chi connectivity index (χ3v) is 4.67. The van der Waals surface area contributed by atoms with Crippen molar-refractivity contribution in [3.05, 3.63) is 77.2 Å². The Morgan fingerprint density at radius 2 is 1.93 bits per heavy atom. The minimum Gasteiger partial charge on any atom is -0.441 e. The topological polar surface area (TPSA) is 96.7 Å². The fourth-order valence-electron chi connectivity index (χ4n) is 3.20. The maximum absolute atomic E-state index is 12.4. The van der Waals surface area contributed by atoms with Gasteiger partial charge in [-0.3, -0.25) is 9.89 Å². The van der Waals surface area contributed by atoms with E-state index in [1.165, 1.54) is 5.56 Å². The third kappa shape index (κ3) is 4.87. The summed E-state index contributed by atoms with van der Waals surface area (Å²) in [4.78, 5) is 21.2. The van der Waals surface area contributed by atoms with Gasteiger partial charge in [0.15, 0.2) is 17.3 Å². The normalized spacial score (nSPS) is 11.1. The number of aromatic nitrogens is 4. The van der Waals surface area contributed by atoms with E-state index in [0.717, 1.165) is 25.1 Å². The van der Waals surface area contributed by atoms with Gasteiger partial charge in [0, 0.05) is 24.9 Å². The van der Waals surface area contributed by atoms with Gasteiger partial charge < -0.3 is 9.73 Å². The summed E-state index contributed by atoms with van der Waals surface area (Å²) in [6.45, 7) is 2.32. The second kappa shape index (κ2) is 8.68. The molecule has 0 radical (unpaired) electrons. The van der Waals surface area contributed by atoms with E-state index in [1.807, 2.05) is 25.1 Å². The molecule has 0 aliphatic carbocycles. The molecule has 2 N–H and O–H groups in total. The van der Waals surface area contributed by atoms with Crippen LogP contribution in [0.15, 0.2) is 52.9 Å². The van der Waals surface area contributed by atoms with Crippen molar-refractivity contribution in [3.63, 3.8) is 0 Å². The molecule has 4 aromatic rings. The number of nitrogens with one attached hydrogen (secondary N) is 2. The van der Waals surface area contributed by atoms with E-state index < -0.39 is 0 Å². The molecule has 0 saturated carbocycles. The van der Waals surface area contributed by atoms with Gasteiger partial charge in [-0.05, 0) is 43.5 Å². The molecule has 148 valence electrons. The Bertz CT molecular complexity index is 1100. The van der Waals surface area contributed by atoms with Gasteiger partial charge in [0.25, 0.3) is 5.91 Å². The van der Waals surface area contributed by atoms with Crippen LogP contribution in [-0.4, -0.2) is 32.6 Å². The number of carbonyl (C=O) groups is 1. The number of aryl methyl sites for hydroxylation is 3. The number of amides is 1. The smallest absolute Gasteiger partial charge is 0.251 e. The third-order valence-electron chi connectivity index (χ3n) is 4.67. The Kier molecular flexibility index (Phi) is 5.65. The second-order valence-corrected chi connectivity index (χ2v) is 6.97. The zero-order valence-electron chi connectivity index (χ0n) is 16.3. The number of hydrogen-bond acceptors (Lipinski definition) is 5. The van der Waals surface area contributed by atoms with E-state index >= 15 is 0 Å². The summed E-state index contributed by atoms with van der Waals surface area (Å²) in [5, 5.41) is 9.74. The van der Waals surface area contributed by atoms with E-state index in [9.17, 15) is 4.79 Å². The average Bonchev–Trinajstić information content (AvgIpc) is 3.33. The molecule has 0 bridgehead atoms. The van der Waals surface area contributed by atoms with Crippen LogP contribution in [0.4, 0.5) is 0 Å². The van der Waals surface area contributed by atoms with Crippen molar-refractivity contribution in [2.24, 2.45) is 0 Å². The maximum atomic E-state index is 12.4. The maximum Gasteiger partial charge on any atom is 0.251 e. The van der Waals surface area contributed by atoms with Gasteiger partial charge in [-0.25, -0.2) is 9.97 Å². The fraction of sp³-hybridized carbons (Fsp3) is 0.273. The summed E-state index contributed by atoms with van der Waals surface area (Å²) < 4.78 is 5.82. The van der Waals surface area contributed by atoms with Crippen LogP contribution in [0.5, 0.6) is 0 Å². The van der Waals surface area contributed by atoms with Gasteiger partial charge in [0.2, 0.25) is 0 Å². The van der Waals surface area contributed by atoms with E-state index in [1.54, 1.807) is 18.2 Å². The first-order valence-corrected chi connectivity index (χ1v) is 9.77. The first-order valence-electron chi connectivity index (χ1n) is 9.77. The molecule has 0 spiro atoms. The summed E-state index contributed by atoms with van der Waals surface area (Å²) in [6.07, 6.45) is 3.29. The Labute approximate surface area is 168 Å². The highest BCUT2D eigenvalue weighted by Crippen LogP contribution is 2.19. The summed E-state index contributed by atoms with van der Waals surface area (Å²) in [7, 11) is 0. The molecule has 29 heavy (non-hydrogen) atoms. The molecule has 2 aromatic heterocycles. The second-order valence-electron chi connectivity index (χ2n) is 6.97. The lowest BCUT2D eigenvalue weighted by molar-refractivity contribution is 0.0954. The van der Waals surface area contributed by atoms with E-state index in [2.05, 4.69) is 37.6 Å². The van der Waals surface area contributed by atoms with Gasteiger partial charge in [-0.2, -0.15) is 5.10 Å². The lowest BCUT2D eigenvalue weighted by Gasteiger charge is -2.03. The van der Waals surface area contributed by atoms with Crippen LogP contribution in [0, 0.1) is 6.92 Å². The van der Waals surface area contributed by atoms with Crippen molar-refractivity contribution in [2.45, 2.75) is 32.6 Å². The number of fused-ring (bicyclic) bond motifs is 1. The van der Waals surface area contributed by atoms with Crippen molar-refractivity contribution in [1.29, 1.82) is 0 Å². The number of aromatic amines is 1. The highest BCUT2D eigenvalue weighted by molar-refractivity contribution is 5.97. The average molecular weight is 389 g/mol. The van der Waals surface area contributed by atoms with Crippen LogP contribution in [0.25, 0.3) is 11.1 Å². The predicted octanol–water partition coefficient (Wildman–Crippen LogP) is 3.40. The first-order chi connectivity index (χ1) is 14.2. The van der Waals surface area contributed by atoms with E-state index in [0.29, 0.717) is 41.3 Å². The highest BCUT2D eigenvalue weighted by Gasteiger charge is 2.11. The number of rotatable bonds is 8. The standard InChI is InChI=1S/C22H23N5O2/c1-15-24-20(27-26-15)12-13-23-22(28)17-10-11-19-18(14-17)25-21(29-19)9-5-8-16-6-3-2-4-7-16/h2-4,6-7,10-11,14H,5,8-9,12-13H2,1H3,(H,23,28)(H,24,26,27). The lowest BCUT2D eigenvalue weighted by Crippen LogP contribution is -2.25. The van der Waals surface area contributed by atoms with Gasteiger partial charge in [0.1, 0.15) is 11.3 Å². The number of H-pyrrole nitrogens is 1. The molecule has 7 heteroatoms. The number of nitrogens with zero attached hydrogens (tertiary/aromatic N) is 3. The van der Waals surface area contributed by atoms with E-state index in [-0.39, 0.29) is 5.91 Å². The van der Waals surface area contributed by atoms with Crippen molar-refractivity contribution < 1.29 is 9.21 Å². The largest absolute Gasteiger partial charge is 0.441 e. The molecule has 7 nitrogen and oxygen atoms in total. The number of benzene rings is 2. The van der Waals surface area contributed by atoms with Gasteiger partial charge in [-0.15, -0.1) is 0 Å². The fourth-order valence-corrected chi connectivity index (χ4v) is 3.20. The lowest BCUT2D eigenvalue weighted by atomic mass is 10.1. The van der Waals surface area contributed by atoms with Crippen molar-refractivity contribution in [1.82, 2.24) is 25.5 Å². The van der Waals surface area contributed by atoms with Gasteiger partial charge >= 0.3 is 0 Å². The summed E-state index contributed by atoms with van der Waals surface area (Å²) in [5.74, 6) is 2.01. The molecule has 0 saturated heterocycles. The zero-order chi connectivity index (χ0) is 20.1. The van der Waals surface area contributed by atoms with Crippen LogP contribution < -0.4 is 5.32 Å². The Morgan fingerprint density at radius 3 is 2.72 bits per heavy atom. The predicted molar refractivity (Wildman–Crippen MR) is 110 cm³/mol. The molecule has 4 rings (SSSR count). The molecule has 0 atom stereocenters. The Balaban J connectivity index is 1.32. The van der Waals surface area contributed by atoms with Crippen LogP contribution in [0.1, 0.15) is 39.9 Å². The number of hydrogen-bond donors (Lipinski definition) is 2. The molecule has 0 aliphatic rings. The minimum absolute atomic E-state index is 0.146. The molecule has 2 aromatic carbocycles. The Hall–Kier alpha value is -3.48. The molecular formula is C22H23N5O2. The monoisotopic (exact) mass is 389 g/mol.